The number of nitrogens with one attached hydrogen (secondary N) is 2. The number of benzene rings is 2. The molecule has 0 aliphatic rings. The summed E-state index contributed by atoms with van der Waals surface area (Å²) in [6.07, 6.45) is 1.64. The zero-order chi connectivity index (χ0) is 21.1. The van der Waals surface area contributed by atoms with Crippen LogP contribution in [0.4, 0.5) is 5.82 Å². The summed E-state index contributed by atoms with van der Waals surface area (Å²) in [5, 5.41) is 10.3. The van der Waals surface area contributed by atoms with Crippen molar-refractivity contribution >= 4 is 38.4 Å². The lowest BCUT2D eigenvalue weighted by molar-refractivity contribution is -0.116. The molecule has 4 rings (SSSR count). The van der Waals surface area contributed by atoms with Crippen LogP contribution < -0.4 is 16.4 Å². The SMILES string of the molecule is O=C(CCn1[nH]c(=O)c2ccccc2c1=O)Nc1ccnn1Cc1ccc(Br)cc1. The Morgan fingerprint density at radius 2 is 1.77 bits per heavy atom. The minimum Gasteiger partial charge on any atom is -0.311 e. The number of halogens is 1. The molecule has 2 N–H and O–H groups in total. The van der Waals surface area contributed by atoms with E-state index in [9.17, 15) is 14.4 Å². The number of aromatic amines is 1. The van der Waals surface area contributed by atoms with Crippen molar-refractivity contribution in [1.29, 1.82) is 0 Å². The van der Waals surface area contributed by atoms with Gasteiger partial charge in [0.05, 0.1) is 30.1 Å². The van der Waals surface area contributed by atoms with Gasteiger partial charge in [0.2, 0.25) is 5.91 Å². The van der Waals surface area contributed by atoms with E-state index >= 15 is 0 Å². The van der Waals surface area contributed by atoms with Crippen molar-refractivity contribution in [2.45, 2.75) is 19.5 Å². The predicted molar refractivity (Wildman–Crippen MR) is 118 cm³/mol. The highest BCUT2D eigenvalue weighted by molar-refractivity contribution is 9.10. The molecule has 0 fully saturated rings. The minimum absolute atomic E-state index is 0.0254. The first-order valence-electron chi connectivity index (χ1n) is 9.29. The number of H-pyrrole nitrogens is 1. The van der Waals surface area contributed by atoms with Gasteiger partial charge in [-0.1, -0.05) is 40.2 Å². The number of hydrogen-bond donors (Lipinski definition) is 2. The molecule has 9 heteroatoms. The van der Waals surface area contributed by atoms with Gasteiger partial charge in [-0.15, -0.1) is 0 Å². The van der Waals surface area contributed by atoms with Gasteiger partial charge in [-0.3, -0.25) is 19.5 Å². The normalized spacial score (nSPS) is 11.0. The Hall–Kier alpha value is -3.46. The Balaban J connectivity index is 1.44. The average molecular weight is 468 g/mol. The number of amides is 1. The van der Waals surface area contributed by atoms with E-state index in [0.29, 0.717) is 23.1 Å². The Morgan fingerprint density at radius 1 is 1.03 bits per heavy atom. The summed E-state index contributed by atoms with van der Waals surface area (Å²) in [6, 6.07) is 16.1. The molecule has 0 radical (unpaired) electrons. The van der Waals surface area contributed by atoms with Crippen LogP contribution in [-0.2, 0) is 17.9 Å². The van der Waals surface area contributed by atoms with E-state index in [-0.39, 0.29) is 30.0 Å². The lowest BCUT2D eigenvalue weighted by Gasteiger charge is -2.10. The van der Waals surface area contributed by atoms with E-state index in [1.807, 2.05) is 24.3 Å². The minimum atomic E-state index is -0.363. The third kappa shape index (κ3) is 4.25. The second kappa shape index (κ2) is 8.50. The van der Waals surface area contributed by atoms with Gasteiger partial charge in [-0.05, 0) is 29.8 Å². The molecule has 0 aliphatic carbocycles. The summed E-state index contributed by atoms with van der Waals surface area (Å²) < 4.78 is 3.84. The van der Waals surface area contributed by atoms with Crippen LogP contribution in [0.1, 0.15) is 12.0 Å². The third-order valence-corrected chi connectivity index (χ3v) is 5.20. The van der Waals surface area contributed by atoms with E-state index in [4.69, 9.17) is 0 Å². The highest BCUT2D eigenvalue weighted by Crippen LogP contribution is 2.14. The molecule has 30 heavy (non-hydrogen) atoms. The van der Waals surface area contributed by atoms with Crippen LogP contribution in [0.15, 0.2) is 74.9 Å². The van der Waals surface area contributed by atoms with Crippen LogP contribution in [0, 0.1) is 0 Å². The molecule has 0 spiro atoms. The Bertz CT molecular complexity index is 1320. The summed E-state index contributed by atoms with van der Waals surface area (Å²) in [5.41, 5.74) is 0.342. The number of carbonyl (C=O) groups is 1. The molecule has 0 bridgehead atoms. The van der Waals surface area contributed by atoms with Crippen molar-refractivity contribution < 1.29 is 4.79 Å². The molecule has 0 saturated heterocycles. The van der Waals surface area contributed by atoms with Gasteiger partial charge >= 0.3 is 0 Å². The number of hydrogen-bond acceptors (Lipinski definition) is 4. The van der Waals surface area contributed by atoms with Crippen LogP contribution in [0.5, 0.6) is 0 Å². The molecule has 0 aliphatic heterocycles. The van der Waals surface area contributed by atoms with E-state index in [2.05, 4.69) is 31.4 Å². The number of aryl methyl sites for hydroxylation is 1. The first-order chi connectivity index (χ1) is 14.5. The zero-order valence-corrected chi connectivity index (χ0v) is 17.4. The van der Waals surface area contributed by atoms with Gasteiger partial charge in [-0.25, -0.2) is 9.36 Å². The lowest BCUT2D eigenvalue weighted by Crippen LogP contribution is -2.31. The first kappa shape index (κ1) is 19.8. The second-order valence-electron chi connectivity index (χ2n) is 6.74. The summed E-state index contributed by atoms with van der Waals surface area (Å²) in [5.74, 6) is 0.274. The number of rotatable bonds is 6. The van der Waals surface area contributed by atoms with Crippen LogP contribution in [0.3, 0.4) is 0 Å². The van der Waals surface area contributed by atoms with Crippen molar-refractivity contribution in [3.63, 3.8) is 0 Å². The molecule has 2 heterocycles. The van der Waals surface area contributed by atoms with Gasteiger partial charge in [0.25, 0.3) is 11.1 Å². The first-order valence-corrected chi connectivity index (χ1v) is 10.1. The quantitative estimate of drug-likeness (QED) is 0.455. The molecule has 1 amide bonds. The summed E-state index contributed by atoms with van der Waals surface area (Å²) in [4.78, 5) is 37.1. The lowest BCUT2D eigenvalue weighted by atomic mass is 10.2. The topological polar surface area (TPSA) is 102 Å². The van der Waals surface area contributed by atoms with Crippen molar-refractivity contribution in [2.75, 3.05) is 5.32 Å². The van der Waals surface area contributed by atoms with Crippen LogP contribution in [0.25, 0.3) is 10.8 Å². The monoisotopic (exact) mass is 467 g/mol. The second-order valence-corrected chi connectivity index (χ2v) is 7.66. The van der Waals surface area contributed by atoms with Gasteiger partial charge in [-0.2, -0.15) is 5.10 Å². The molecule has 0 saturated carbocycles. The largest absolute Gasteiger partial charge is 0.311 e. The molecular weight excluding hydrogens is 450 g/mol. The molecule has 2 aromatic heterocycles. The van der Waals surface area contributed by atoms with Gasteiger partial charge in [0.1, 0.15) is 5.82 Å². The molecule has 0 atom stereocenters. The fourth-order valence-corrected chi connectivity index (χ4v) is 3.41. The van der Waals surface area contributed by atoms with Crippen LogP contribution >= 0.6 is 15.9 Å². The van der Waals surface area contributed by atoms with E-state index in [1.165, 1.54) is 4.68 Å². The van der Waals surface area contributed by atoms with E-state index in [1.54, 1.807) is 41.2 Å². The molecule has 8 nitrogen and oxygen atoms in total. The number of carbonyl (C=O) groups excluding carboxylic acids is 1. The van der Waals surface area contributed by atoms with E-state index < -0.39 is 0 Å². The summed E-state index contributed by atoms with van der Waals surface area (Å²) in [7, 11) is 0. The van der Waals surface area contributed by atoms with Gasteiger partial charge in [0.15, 0.2) is 0 Å². The highest BCUT2D eigenvalue weighted by atomic mass is 79.9. The maximum atomic E-state index is 12.5. The smallest absolute Gasteiger partial charge is 0.273 e. The number of aromatic nitrogens is 4. The highest BCUT2D eigenvalue weighted by Gasteiger charge is 2.11. The van der Waals surface area contributed by atoms with Crippen molar-refractivity contribution in [3.8, 4) is 0 Å². The molecular formula is C21H18BrN5O3. The fraction of sp³-hybridized carbons (Fsp3) is 0.143. The third-order valence-electron chi connectivity index (χ3n) is 4.68. The molecule has 2 aromatic carbocycles. The number of fused-ring (bicyclic) bond motifs is 1. The maximum absolute atomic E-state index is 12.5. The average Bonchev–Trinajstić information content (AvgIpc) is 3.17. The predicted octanol–water partition coefficient (Wildman–Crippen LogP) is 2.73. The van der Waals surface area contributed by atoms with Crippen LogP contribution in [0.2, 0.25) is 0 Å². The summed E-state index contributed by atoms with van der Waals surface area (Å²) >= 11 is 3.40. The molecule has 0 unspecified atom stereocenters. The Kier molecular flexibility index (Phi) is 5.62. The van der Waals surface area contributed by atoms with E-state index in [0.717, 1.165) is 10.0 Å². The molecule has 4 aromatic rings. The van der Waals surface area contributed by atoms with Crippen molar-refractivity contribution in [2.24, 2.45) is 0 Å². The Morgan fingerprint density at radius 3 is 2.53 bits per heavy atom. The number of anilines is 1. The van der Waals surface area contributed by atoms with Crippen molar-refractivity contribution in [3.05, 3.63) is 91.5 Å². The number of nitrogens with zero attached hydrogens (tertiary/aromatic N) is 3. The maximum Gasteiger partial charge on any atom is 0.273 e. The van der Waals surface area contributed by atoms with Gasteiger partial charge < -0.3 is 5.32 Å². The standard InChI is InChI=1S/C21H18BrN5O3/c22-15-7-5-14(6-8-15)13-27-18(9-11-23-27)24-19(28)10-12-26-21(30)17-4-2-1-3-16(17)20(29)25-26/h1-9,11H,10,12-13H2,(H,24,28)(H,25,29). The summed E-state index contributed by atoms with van der Waals surface area (Å²) in [6.45, 7) is 0.568. The van der Waals surface area contributed by atoms with Crippen molar-refractivity contribution in [1.82, 2.24) is 19.6 Å². The zero-order valence-electron chi connectivity index (χ0n) is 15.8. The fourth-order valence-electron chi connectivity index (χ4n) is 3.15. The van der Waals surface area contributed by atoms with Gasteiger partial charge in [0, 0.05) is 17.0 Å². The Labute approximate surface area is 179 Å². The van der Waals surface area contributed by atoms with Crippen LogP contribution in [-0.4, -0.2) is 25.5 Å². The molecule has 152 valence electrons.